The van der Waals surface area contributed by atoms with Gasteiger partial charge in [0.25, 0.3) is 0 Å². The Morgan fingerprint density at radius 3 is 2.07 bits per heavy atom. The summed E-state index contributed by atoms with van der Waals surface area (Å²) in [5.74, 6) is 2.12. The Morgan fingerprint density at radius 2 is 1.59 bits per heavy atom. The second kappa shape index (κ2) is 8.68. The highest BCUT2D eigenvalue weighted by molar-refractivity contribution is 5.90. The lowest BCUT2D eigenvalue weighted by Crippen LogP contribution is -2.09. The molecule has 2 aromatic carbocycles. The van der Waals surface area contributed by atoms with E-state index >= 15 is 0 Å². The van der Waals surface area contributed by atoms with Crippen LogP contribution in [0.2, 0.25) is 0 Å². The van der Waals surface area contributed by atoms with Gasteiger partial charge in [-0.3, -0.25) is 4.79 Å². The maximum atomic E-state index is 12.2. The minimum absolute atomic E-state index is 0.187. The number of rotatable bonds is 7. The number of nitrogens with zero attached hydrogens (tertiary/aromatic N) is 2. The molecule has 0 atom stereocenters. The third kappa shape index (κ3) is 3.89. The van der Waals surface area contributed by atoms with Gasteiger partial charge < -0.3 is 18.9 Å². The molecular weight excluding hydrogens is 372 g/mol. The van der Waals surface area contributed by atoms with Crippen LogP contribution >= 0.6 is 0 Å². The van der Waals surface area contributed by atoms with Gasteiger partial charge in [-0.05, 0) is 48.9 Å². The molecule has 0 saturated heterocycles. The van der Waals surface area contributed by atoms with Gasteiger partial charge >= 0.3 is 0 Å². The standard InChI is InChI=1S/C22H24N2O5/c1-6-29-17-9-7-15(8-10-17)21-18(13-23-24(21)14(2)25)16-11-19(26-3)22(28-5)20(12-16)27-4/h7-13H,6H2,1-5H3. The number of methoxy groups -OCH3 is 3. The van der Waals surface area contributed by atoms with E-state index in [1.54, 1.807) is 27.5 Å². The lowest BCUT2D eigenvalue weighted by atomic mass is 10.0. The van der Waals surface area contributed by atoms with Crippen molar-refractivity contribution in [3.05, 3.63) is 42.6 Å². The summed E-state index contributed by atoms with van der Waals surface area (Å²) in [5, 5.41) is 4.30. The second-order valence-corrected chi connectivity index (χ2v) is 6.21. The summed E-state index contributed by atoms with van der Waals surface area (Å²) in [5.41, 5.74) is 3.07. The van der Waals surface area contributed by atoms with Crippen LogP contribution in [0.15, 0.2) is 42.6 Å². The van der Waals surface area contributed by atoms with E-state index in [4.69, 9.17) is 18.9 Å². The van der Waals surface area contributed by atoms with E-state index in [9.17, 15) is 4.79 Å². The minimum atomic E-state index is -0.187. The first-order valence-electron chi connectivity index (χ1n) is 9.16. The molecule has 0 amide bonds. The molecule has 29 heavy (non-hydrogen) atoms. The Morgan fingerprint density at radius 1 is 0.966 bits per heavy atom. The van der Waals surface area contributed by atoms with Crippen molar-refractivity contribution in [1.82, 2.24) is 9.78 Å². The third-order valence-corrected chi connectivity index (χ3v) is 4.48. The Kier molecular flexibility index (Phi) is 6.07. The average molecular weight is 396 g/mol. The Labute approximate surface area is 169 Å². The van der Waals surface area contributed by atoms with E-state index < -0.39 is 0 Å². The van der Waals surface area contributed by atoms with Gasteiger partial charge in [0.05, 0.1) is 39.8 Å². The number of hydrogen-bond donors (Lipinski definition) is 0. The first-order valence-corrected chi connectivity index (χ1v) is 9.16. The Hall–Kier alpha value is -3.48. The maximum absolute atomic E-state index is 12.2. The molecule has 7 nitrogen and oxygen atoms in total. The van der Waals surface area contributed by atoms with Crippen molar-refractivity contribution in [3.8, 4) is 45.4 Å². The van der Waals surface area contributed by atoms with Crippen LogP contribution in [-0.2, 0) is 0 Å². The van der Waals surface area contributed by atoms with E-state index in [0.717, 1.165) is 22.4 Å². The molecule has 3 aromatic rings. The van der Waals surface area contributed by atoms with Gasteiger partial charge in [-0.25, -0.2) is 0 Å². The first kappa shape index (κ1) is 20.3. The molecular formula is C22H24N2O5. The van der Waals surface area contributed by atoms with Crippen molar-refractivity contribution < 1.29 is 23.7 Å². The molecule has 0 aliphatic rings. The molecule has 3 rings (SSSR count). The van der Waals surface area contributed by atoms with Crippen molar-refractivity contribution in [2.45, 2.75) is 13.8 Å². The Balaban J connectivity index is 2.20. The maximum Gasteiger partial charge on any atom is 0.244 e. The molecule has 0 radical (unpaired) electrons. The normalized spacial score (nSPS) is 10.5. The van der Waals surface area contributed by atoms with Crippen LogP contribution in [0.3, 0.4) is 0 Å². The molecule has 0 unspecified atom stereocenters. The monoisotopic (exact) mass is 396 g/mol. The Bertz CT molecular complexity index is 984. The summed E-state index contributed by atoms with van der Waals surface area (Å²) in [6, 6.07) is 11.2. The molecule has 0 spiro atoms. The predicted molar refractivity (Wildman–Crippen MR) is 110 cm³/mol. The van der Waals surface area contributed by atoms with Gasteiger partial charge in [0.1, 0.15) is 5.75 Å². The summed E-state index contributed by atoms with van der Waals surface area (Å²) in [7, 11) is 4.68. The molecule has 7 heteroatoms. The quantitative estimate of drug-likeness (QED) is 0.593. The lowest BCUT2D eigenvalue weighted by Gasteiger charge is -2.15. The van der Waals surface area contributed by atoms with E-state index in [2.05, 4.69) is 5.10 Å². The molecule has 0 aliphatic carbocycles. The van der Waals surface area contributed by atoms with Crippen LogP contribution in [-0.4, -0.2) is 43.6 Å². The zero-order valence-electron chi connectivity index (χ0n) is 17.2. The number of carbonyl (C=O) groups excluding carboxylic acids is 1. The zero-order chi connectivity index (χ0) is 21.0. The van der Waals surface area contributed by atoms with Gasteiger partial charge in [0.15, 0.2) is 11.5 Å². The van der Waals surface area contributed by atoms with Crippen LogP contribution in [0, 0.1) is 0 Å². The van der Waals surface area contributed by atoms with Gasteiger partial charge in [-0.15, -0.1) is 0 Å². The van der Waals surface area contributed by atoms with Crippen molar-refractivity contribution in [2.75, 3.05) is 27.9 Å². The summed E-state index contributed by atoms with van der Waals surface area (Å²) >= 11 is 0. The predicted octanol–water partition coefficient (Wildman–Crippen LogP) is 4.30. The van der Waals surface area contributed by atoms with Crippen LogP contribution in [0.1, 0.15) is 18.6 Å². The topological polar surface area (TPSA) is 71.8 Å². The van der Waals surface area contributed by atoms with Gasteiger partial charge in [-0.2, -0.15) is 9.78 Å². The molecule has 1 aromatic heterocycles. The number of hydrogen-bond acceptors (Lipinski definition) is 6. The second-order valence-electron chi connectivity index (χ2n) is 6.21. The molecule has 0 N–H and O–H groups in total. The van der Waals surface area contributed by atoms with Crippen LogP contribution in [0.4, 0.5) is 0 Å². The van der Waals surface area contributed by atoms with Crippen molar-refractivity contribution in [2.24, 2.45) is 0 Å². The van der Waals surface area contributed by atoms with Crippen molar-refractivity contribution >= 4 is 5.91 Å². The van der Waals surface area contributed by atoms with Crippen LogP contribution in [0.5, 0.6) is 23.0 Å². The lowest BCUT2D eigenvalue weighted by molar-refractivity contribution is 0.0923. The van der Waals surface area contributed by atoms with Crippen LogP contribution < -0.4 is 18.9 Å². The summed E-state index contributed by atoms with van der Waals surface area (Å²) in [6.45, 7) is 3.99. The largest absolute Gasteiger partial charge is 0.494 e. The number of ether oxygens (including phenoxy) is 4. The van der Waals surface area contributed by atoms with Gasteiger partial charge in [-0.1, -0.05) is 0 Å². The average Bonchev–Trinajstić information content (AvgIpc) is 3.19. The number of carbonyl (C=O) groups is 1. The zero-order valence-corrected chi connectivity index (χ0v) is 17.2. The smallest absolute Gasteiger partial charge is 0.244 e. The first-order chi connectivity index (χ1) is 14.0. The summed E-state index contributed by atoms with van der Waals surface area (Å²) < 4.78 is 23.2. The van der Waals surface area contributed by atoms with E-state index in [1.165, 1.54) is 11.6 Å². The fourth-order valence-electron chi connectivity index (χ4n) is 3.19. The highest BCUT2D eigenvalue weighted by Gasteiger charge is 2.21. The van der Waals surface area contributed by atoms with E-state index in [0.29, 0.717) is 29.5 Å². The van der Waals surface area contributed by atoms with E-state index in [1.807, 2.05) is 43.3 Å². The van der Waals surface area contributed by atoms with E-state index in [-0.39, 0.29) is 5.91 Å². The highest BCUT2D eigenvalue weighted by atomic mass is 16.5. The number of aromatic nitrogens is 2. The summed E-state index contributed by atoms with van der Waals surface area (Å²) in [4.78, 5) is 12.2. The molecule has 1 heterocycles. The van der Waals surface area contributed by atoms with Crippen molar-refractivity contribution in [1.29, 1.82) is 0 Å². The molecule has 0 saturated carbocycles. The third-order valence-electron chi connectivity index (χ3n) is 4.48. The fourth-order valence-corrected chi connectivity index (χ4v) is 3.19. The molecule has 0 fully saturated rings. The minimum Gasteiger partial charge on any atom is -0.494 e. The molecule has 0 bridgehead atoms. The van der Waals surface area contributed by atoms with Gasteiger partial charge in [0.2, 0.25) is 11.7 Å². The van der Waals surface area contributed by atoms with Crippen molar-refractivity contribution in [3.63, 3.8) is 0 Å². The van der Waals surface area contributed by atoms with Gasteiger partial charge in [0, 0.05) is 18.1 Å². The molecule has 152 valence electrons. The SMILES string of the molecule is CCOc1ccc(-c2c(-c3cc(OC)c(OC)c(OC)c3)cnn2C(C)=O)cc1. The number of benzene rings is 2. The highest BCUT2D eigenvalue weighted by Crippen LogP contribution is 2.43. The van der Waals surface area contributed by atoms with Crippen LogP contribution in [0.25, 0.3) is 22.4 Å². The fraction of sp³-hybridized carbons (Fsp3) is 0.273. The molecule has 0 aliphatic heterocycles. The summed E-state index contributed by atoms with van der Waals surface area (Å²) in [6.07, 6.45) is 1.66.